The molecule has 0 bridgehead atoms. The number of halogens is 1. The molecule has 0 saturated heterocycles. The van der Waals surface area contributed by atoms with E-state index in [1.54, 1.807) is 30.0 Å². The van der Waals surface area contributed by atoms with Crippen LogP contribution in [0.25, 0.3) is 0 Å². The Bertz CT molecular complexity index is 437. The fourth-order valence-corrected chi connectivity index (χ4v) is 2.69. The molecule has 1 aliphatic rings. The van der Waals surface area contributed by atoms with Crippen LogP contribution in [0.3, 0.4) is 0 Å². The lowest BCUT2D eigenvalue weighted by Crippen LogP contribution is -2.31. The molecule has 1 unspecified atom stereocenters. The minimum absolute atomic E-state index is 0.112. The fraction of sp³-hybridized carbons (Fsp3) is 0.417. The van der Waals surface area contributed by atoms with Crippen LogP contribution in [0.4, 0.5) is 0 Å². The lowest BCUT2D eigenvalue weighted by atomic mass is 10.1. The Balaban J connectivity index is 2.15. The second-order valence-corrected chi connectivity index (χ2v) is 5.78. The molecule has 1 atom stereocenters. The molecule has 0 aliphatic carbocycles. The molecule has 1 aliphatic heterocycles. The SMILES string of the molecule is CN(C)CSC1COc2ccc(Cl)cc2C1=O. The molecule has 17 heavy (non-hydrogen) atoms. The molecule has 3 nitrogen and oxygen atoms in total. The summed E-state index contributed by atoms with van der Waals surface area (Å²) < 4.78 is 5.57. The number of hydrogen-bond acceptors (Lipinski definition) is 4. The van der Waals surface area contributed by atoms with E-state index in [1.165, 1.54) is 0 Å². The van der Waals surface area contributed by atoms with Gasteiger partial charge in [0.15, 0.2) is 5.78 Å². The third-order valence-corrected chi connectivity index (χ3v) is 4.08. The Kier molecular flexibility index (Phi) is 3.97. The molecule has 0 radical (unpaired) electrons. The van der Waals surface area contributed by atoms with Gasteiger partial charge < -0.3 is 9.64 Å². The minimum Gasteiger partial charge on any atom is -0.491 e. The zero-order valence-electron chi connectivity index (χ0n) is 9.77. The molecule has 0 amide bonds. The molecule has 0 saturated carbocycles. The van der Waals surface area contributed by atoms with Crippen molar-refractivity contribution in [2.45, 2.75) is 5.25 Å². The van der Waals surface area contributed by atoms with Crippen LogP contribution in [0.15, 0.2) is 18.2 Å². The first kappa shape index (κ1) is 12.7. The second-order valence-electron chi connectivity index (χ2n) is 4.18. The van der Waals surface area contributed by atoms with Crippen molar-refractivity contribution in [1.29, 1.82) is 0 Å². The Hall–Kier alpha value is -0.710. The monoisotopic (exact) mass is 271 g/mol. The van der Waals surface area contributed by atoms with Crippen LogP contribution in [-0.2, 0) is 0 Å². The largest absolute Gasteiger partial charge is 0.491 e. The van der Waals surface area contributed by atoms with Gasteiger partial charge in [-0.05, 0) is 32.3 Å². The number of carbonyl (C=O) groups excluding carboxylic acids is 1. The molecule has 0 spiro atoms. The number of benzene rings is 1. The van der Waals surface area contributed by atoms with Crippen LogP contribution in [0.5, 0.6) is 5.75 Å². The number of ether oxygens (including phenoxy) is 1. The van der Waals surface area contributed by atoms with E-state index in [1.807, 2.05) is 19.0 Å². The highest BCUT2D eigenvalue weighted by Gasteiger charge is 2.29. The molecule has 5 heteroatoms. The van der Waals surface area contributed by atoms with Gasteiger partial charge in [-0.1, -0.05) is 11.6 Å². The van der Waals surface area contributed by atoms with Crippen molar-refractivity contribution >= 4 is 29.1 Å². The zero-order chi connectivity index (χ0) is 12.4. The number of carbonyl (C=O) groups is 1. The third kappa shape index (κ3) is 2.94. The predicted octanol–water partition coefficient (Wildman–Crippen LogP) is 2.54. The van der Waals surface area contributed by atoms with Crippen molar-refractivity contribution in [2.24, 2.45) is 0 Å². The maximum atomic E-state index is 12.2. The normalized spacial score (nSPS) is 19.1. The van der Waals surface area contributed by atoms with E-state index >= 15 is 0 Å². The summed E-state index contributed by atoms with van der Waals surface area (Å²) in [5.74, 6) is 1.55. The van der Waals surface area contributed by atoms with E-state index in [-0.39, 0.29) is 11.0 Å². The summed E-state index contributed by atoms with van der Waals surface area (Å²) in [5, 5.41) is 0.433. The van der Waals surface area contributed by atoms with E-state index in [4.69, 9.17) is 16.3 Å². The summed E-state index contributed by atoms with van der Waals surface area (Å²) in [4.78, 5) is 14.2. The molecule has 0 N–H and O–H groups in total. The summed E-state index contributed by atoms with van der Waals surface area (Å²) in [5.41, 5.74) is 0.597. The Morgan fingerprint density at radius 2 is 2.29 bits per heavy atom. The van der Waals surface area contributed by atoms with Gasteiger partial charge in [0.25, 0.3) is 0 Å². The Morgan fingerprint density at radius 3 is 3.00 bits per heavy atom. The van der Waals surface area contributed by atoms with Crippen molar-refractivity contribution < 1.29 is 9.53 Å². The van der Waals surface area contributed by atoms with Crippen LogP contribution in [0, 0.1) is 0 Å². The van der Waals surface area contributed by atoms with Gasteiger partial charge in [0, 0.05) is 10.9 Å². The number of rotatable bonds is 3. The van der Waals surface area contributed by atoms with Gasteiger partial charge in [-0.15, -0.1) is 11.8 Å². The maximum Gasteiger partial charge on any atom is 0.183 e. The average molecular weight is 272 g/mol. The van der Waals surface area contributed by atoms with Crippen LogP contribution in [0.2, 0.25) is 5.02 Å². The summed E-state index contributed by atoms with van der Waals surface area (Å²) in [6, 6.07) is 5.17. The topological polar surface area (TPSA) is 29.5 Å². The van der Waals surface area contributed by atoms with Crippen molar-refractivity contribution in [3.05, 3.63) is 28.8 Å². The smallest absolute Gasteiger partial charge is 0.183 e. The minimum atomic E-state index is -0.136. The molecule has 2 rings (SSSR count). The highest BCUT2D eigenvalue weighted by atomic mass is 35.5. The third-order valence-electron chi connectivity index (χ3n) is 2.42. The average Bonchev–Trinajstić information content (AvgIpc) is 2.29. The summed E-state index contributed by atoms with van der Waals surface area (Å²) in [6.07, 6.45) is 0. The van der Waals surface area contributed by atoms with Crippen molar-refractivity contribution in [3.63, 3.8) is 0 Å². The van der Waals surface area contributed by atoms with Gasteiger partial charge in [0.05, 0.1) is 5.56 Å². The predicted molar refractivity (Wildman–Crippen MR) is 71.2 cm³/mol. The standard InChI is InChI=1S/C12H14ClNO2S/c1-14(2)7-17-11-6-16-10-4-3-8(13)5-9(10)12(11)15/h3-5,11H,6-7H2,1-2H3. The van der Waals surface area contributed by atoms with Crippen LogP contribution in [0.1, 0.15) is 10.4 Å². The molecular formula is C12H14ClNO2S. The van der Waals surface area contributed by atoms with Gasteiger partial charge in [-0.3, -0.25) is 4.79 Å². The van der Waals surface area contributed by atoms with E-state index in [2.05, 4.69) is 0 Å². The number of ketones is 1. The molecular weight excluding hydrogens is 258 g/mol. The molecule has 92 valence electrons. The fourth-order valence-electron chi connectivity index (χ4n) is 1.60. The highest BCUT2D eigenvalue weighted by Crippen LogP contribution is 2.31. The lowest BCUT2D eigenvalue weighted by molar-refractivity contribution is 0.0943. The number of nitrogens with zero attached hydrogens (tertiary/aromatic N) is 1. The van der Waals surface area contributed by atoms with E-state index < -0.39 is 0 Å². The molecule has 1 aromatic carbocycles. The highest BCUT2D eigenvalue weighted by molar-refractivity contribution is 8.00. The number of fused-ring (bicyclic) bond motifs is 1. The molecule has 0 fully saturated rings. The summed E-state index contributed by atoms with van der Waals surface area (Å²) >= 11 is 7.49. The number of thioether (sulfide) groups is 1. The first-order valence-electron chi connectivity index (χ1n) is 5.31. The van der Waals surface area contributed by atoms with E-state index in [0.717, 1.165) is 5.88 Å². The Morgan fingerprint density at radius 1 is 1.53 bits per heavy atom. The number of hydrogen-bond donors (Lipinski definition) is 0. The lowest BCUT2D eigenvalue weighted by Gasteiger charge is -2.24. The van der Waals surface area contributed by atoms with Crippen LogP contribution < -0.4 is 4.74 Å². The quantitative estimate of drug-likeness (QED) is 0.790. The summed E-state index contributed by atoms with van der Waals surface area (Å²) in [7, 11) is 3.96. The number of Topliss-reactive ketones (excluding diaryl/α,β-unsaturated/α-hetero) is 1. The van der Waals surface area contributed by atoms with Gasteiger partial charge >= 0.3 is 0 Å². The first-order valence-corrected chi connectivity index (χ1v) is 6.73. The zero-order valence-corrected chi connectivity index (χ0v) is 11.3. The van der Waals surface area contributed by atoms with Crippen LogP contribution in [-0.4, -0.2) is 42.5 Å². The summed E-state index contributed by atoms with van der Waals surface area (Å²) in [6.45, 7) is 0.436. The Labute approximate surface area is 110 Å². The van der Waals surface area contributed by atoms with Crippen molar-refractivity contribution in [1.82, 2.24) is 4.90 Å². The van der Waals surface area contributed by atoms with E-state index in [0.29, 0.717) is 22.9 Å². The van der Waals surface area contributed by atoms with E-state index in [9.17, 15) is 4.79 Å². The van der Waals surface area contributed by atoms with Gasteiger partial charge in [-0.2, -0.15) is 0 Å². The molecule has 1 aromatic rings. The molecule has 0 aromatic heterocycles. The first-order chi connectivity index (χ1) is 8.08. The molecule has 1 heterocycles. The van der Waals surface area contributed by atoms with Gasteiger partial charge in [0.1, 0.15) is 17.6 Å². The van der Waals surface area contributed by atoms with Crippen molar-refractivity contribution in [3.8, 4) is 5.75 Å². The van der Waals surface area contributed by atoms with Crippen LogP contribution >= 0.6 is 23.4 Å². The van der Waals surface area contributed by atoms with Gasteiger partial charge in [0.2, 0.25) is 0 Å². The van der Waals surface area contributed by atoms with Gasteiger partial charge in [-0.25, -0.2) is 0 Å². The van der Waals surface area contributed by atoms with Crippen molar-refractivity contribution in [2.75, 3.05) is 26.6 Å². The second kappa shape index (κ2) is 5.29. The maximum absolute atomic E-state index is 12.2.